The van der Waals surface area contributed by atoms with Crippen molar-refractivity contribution in [3.8, 4) is 5.75 Å². The number of amidine groups is 1. The van der Waals surface area contributed by atoms with Gasteiger partial charge in [-0.3, -0.25) is 0 Å². The molecule has 1 aliphatic heterocycles. The third-order valence-corrected chi connectivity index (χ3v) is 3.58. The predicted octanol–water partition coefficient (Wildman–Crippen LogP) is 2.26. The zero-order valence-electron chi connectivity index (χ0n) is 10.3. The van der Waals surface area contributed by atoms with E-state index in [1.54, 1.807) is 31.0 Å². The van der Waals surface area contributed by atoms with Gasteiger partial charge in [-0.2, -0.15) is 4.99 Å². The van der Waals surface area contributed by atoms with Gasteiger partial charge < -0.3 is 15.0 Å². The minimum atomic E-state index is -0.379. The third kappa shape index (κ3) is 2.95. The number of methoxy groups -OCH3 is 1. The van der Waals surface area contributed by atoms with E-state index in [4.69, 9.17) is 4.74 Å². The van der Waals surface area contributed by atoms with Gasteiger partial charge in [0.05, 0.1) is 12.8 Å². The minimum Gasteiger partial charge on any atom is -0.495 e. The standard InChI is InChI=1S/C12H15N3O2S/c1-15-7-8-18-12(15)14-11(16)13-9-5-3-4-6-10(9)17-2/h3-6H,7-8H2,1-2H3,(H,13,16). The van der Waals surface area contributed by atoms with Gasteiger partial charge in [-0.15, -0.1) is 0 Å². The van der Waals surface area contributed by atoms with Crippen LogP contribution in [0.3, 0.4) is 0 Å². The number of carbonyl (C=O) groups excluding carboxylic acids is 1. The van der Waals surface area contributed by atoms with Crippen LogP contribution in [-0.4, -0.2) is 42.6 Å². The van der Waals surface area contributed by atoms with Crippen molar-refractivity contribution in [3.05, 3.63) is 24.3 Å². The molecule has 0 bridgehead atoms. The van der Waals surface area contributed by atoms with Gasteiger partial charge in [0.15, 0.2) is 5.17 Å². The molecular weight excluding hydrogens is 250 g/mol. The Morgan fingerprint density at radius 1 is 1.50 bits per heavy atom. The Balaban J connectivity index is 2.07. The first kappa shape index (κ1) is 12.8. The van der Waals surface area contributed by atoms with Crippen LogP contribution < -0.4 is 10.1 Å². The van der Waals surface area contributed by atoms with Crippen molar-refractivity contribution >= 4 is 28.6 Å². The van der Waals surface area contributed by atoms with Crippen molar-refractivity contribution in [2.45, 2.75) is 0 Å². The van der Waals surface area contributed by atoms with Crippen LogP contribution in [0, 0.1) is 0 Å². The van der Waals surface area contributed by atoms with E-state index >= 15 is 0 Å². The van der Waals surface area contributed by atoms with Crippen LogP contribution in [-0.2, 0) is 0 Å². The average Bonchev–Trinajstić information content (AvgIpc) is 2.75. The van der Waals surface area contributed by atoms with Crippen LogP contribution in [0.5, 0.6) is 5.75 Å². The maximum atomic E-state index is 11.8. The molecule has 6 heteroatoms. The quantitative estimate of drug-likeness (QED) is 0.891. The highest BCUT2D eigenvalue weighted by atomic mass is 32.2. The van der Waals surface area contributed by atoms with E-state index in [9.17, 15) is 4.79 Å². The second-order valence-corrected chi connectivity index (χ2v) is 4.86. The van der Waals surface area contributed by atoms with Crippen molar-refractivity contribution in [2.75, 3.05) is 31.8 Å². The molecule has 0 spiro atoms. The molecule has 0 atom stereocenters. The van der Waals surface area contributed by atoms with Gasteiger partial charge in [-0.05, 0) is 12.1 Å². The zero-order valence-corrected chi connectivity index (χ0v) is 11.2. The fourth-order valence-corrected chi connectivity index (χ4v) is 2.58. The van der Waals surface area contributed by atoms with E-state index in [1.807, 2.05) is 24.1 Å². The molecule has 96 valence electrons. The monoisotopic (exact) mass is 265 g/mol. The smallest absolute Gasteiger partial charge is 0.347 e. The minimum absolute atomic E-state index is 0.379. The molecule has 2 amide bonds. The summed E-state index contributed by atoms with van der Waals surface area (Å²) in [6, 6.07) is 6.88. The number of para-hydroxylation sites is 2. The second kappa shape index (κ2) is 5.77. The summed E-state index contributed by atoms with van der Waals surface area (Å²) in [6.07, 6.45) is 0. The van der Waals surface area contributed by atoms with Crippen LogP contribution >= 0.6 is 11.8 Å². The number of hydrogen-bond acceptors (Lipinski definition) is 3. The average molecular weight is 265 g/mol. The summed E-state index contributed by atoms with van der Waals surface area (Å²) in [4.78, 5) is 17.8. The number of urea groups is 1. The Kier molecular flexibility index (Phi) is 4.09. The lowest BCUT2D eigenvalue weighted by Gasteiger charge is -2.10. The summed E-state index contributed by atoms with van der Waals surface area (Å²) < 4.78 is 5.16. The summed E-state index contributed by atoms with van der Waals surface area (Å²) in [5.41, 5.74) is 0.625. The van der Waals surface area contributed by atoms with Crippen molar-refractivity contribution in [2.24, 2.45) is 4.99 Å². The van der Waals surface area contributed by atoms with Crippen molar-refractivity contribution in [1.82, 2.24) is 4.90 Å². The molecule has 0 unspecified atom stereocenters. The number of aliphatic imine (C=N–C) groups is 1. The Labute approximate surface area is 110 Å². The van der Waals surface area contributed by atoms with Crippen molar-refractivity contribution in [1.29, 1.82) is 0 Å². The van der Waals surface area contributed by atoms with Gasteiger partial charge in [0.1, 0.15) is 5.75 Å². The molecule has 1 aromatic carbocycles. The van der Waals surface area contributed by atoms with Crippen LogP contribution in [0.15, 0.2) is 29.3 Å². The molecule has 1 aromatic rings. The number of benzene rings is 1. The fourth-order valence-electron chi connectivity index (χ4n) is 1.58. The van der Waals surface area contributed by atoms with Gasteiger partial charge in [0.2, 0.25) is 0 Å². The zero-order chi connectivity index (χ0) is 13.0. The molecule has 0 saturated carbocycles. The fraction of sp³-hybridized carbons (Fsp3) is 0.333. The molecule has 1 fully saturated rings. The summed E-state index contributed by atoms with van der Waals surface area (Å²) in [6.45, 7) is 0.922. The second-order valence-electron chi connectivity index (χ2n) is 3.79. The van der Waals surface area contributed by atoms with Crippen LogP contribution in [0.4, 0.5) is 10.5 Å². The molecule has 2 rings (SSSR count). The predicted molar refractivity (Wildman–Crippen MR) is 74.5 cm³/mol. The van der Waals surface area contributed by atoms with Crippen LogP contribution in [0.1, 0.15) is 0 Å². The number of anilines is 1. The number of thioether (sulfide) groups is 1. The summed E-state index contributed by atoms with van der Waals surface area (Å²) in [7, 11) is 3.49. The third-order valence-electron chi connectivity index (χ3n) is 2.53. The number of ether oxygens (including phenoxy) is 1. The molecular formula is C12H15N3O2S. The molecule has 1 aliphatic rings. The largest absolute Gasteiger partial charge is 0.495 e. The van der Waals surface area contributed by atoms with Gasteiger partial charge in [0, 0.05) is 19.3 Å². The van der Waals surface area contributed by atoms with E-state index in [0.717, 1.165) is 17.5 Å². The van der Waals surface area contributed by atoms with E-state index in [-0.39, 0.29) is 6.03 Å². The molecule has 1 heterocycles. The SMILES string of the molecule is COc1ccccc1NC(=O)N=C1SCCN1C. The number of hydrogen-bond donors (Lipinski definition) is 1. The van der Waals surface area contributed by atoms with E-state index < -0.39 is 0 Å². The maximum Gasteiger partial charge on any atom is 0.347 e. The lowest BCUT2D eigenvalue weighted by molar-refractivity contribution is 0.259. The number of nitrogens with zero attached hydrogens (tertiary/aromatic N) is 2. The van der Waals surface area contributed by atoms with Gasteiger partial charge in [-0.25, -0.2) is 4.79 Å². The first-order valence-corrected chi connectivity index (χ1v) is 6.56. The highest BCUT2D eigenvalue weighted by molar-refractivity contribution is 8.14. The molecule has 0 aromatic heterocycles. The summed E-state index contributed by atoms with van der Waals surface area (Å²) in [5.74, 6) is 1.59. The number of amides is 2. The van der Waals surface area contributed by atoms with Crippen LogP contribution in [0.25, 0.3) is 0 Å². The van der Waals surface area contributed by atoms with Crippen LogP contribution in [0.2, 0.25) is 0 Å². The molecule has 18 heavy (non-hydrogen) atoms. The van der Waals surface area contributed by atoms with E-state index in [1.165, 1.54) is 0 Å². The normalized spacial score (nSPS) is 17.0. The van der Waals surface area contributed by atoms with Gasteiger partial charge in [-0.1, -0.05) is 23.9 Å². The van der Waals surface area contributed by atoms with Crippen molar-refractivity contribution < 1.29 is 9.53 Å². The molecule has 1 N–H and O–H groups in total. The van der Waals surface area contributed by atoms with E-state index in [0.29, 0.717) is 11.4 Å². The van der Waals surface area contributed by atoms with E-state index in [2.05, 4.69) is 10.3 Å². The number of rotatable bonds is 2. The van der Waals surface area contributed by atoms with Gasteiger partial charge in [0.25, 0.3) is 0 Å². The Bertz CT molecular complexity index is 476. The highest BCUT2D eigenvalue weighted by Crippen LogP contribution is 2.23. The highest BCUT2D eigenvalue weighted by Gasteiger charge is 2.16. The number of carbonyl (C=O) groups is 1. The van der Waals surface area contributed by atoms with Crippen molar-refractivity contribution in [3.63, 3.8) is 0 Å². The molecule has 5 nitrogen and oxygen atoms in total. The summed E-state index contributed by atoms with van der Waals surface area (Å²) >= 11 is 1.58. The molecule has 1 saturated heterocycles. The number of nitrogens with one attached hydrogen (secondary N) is 1. The first-order chi connectivity index (χ1) is 8.70. The summed E-state index contributed by atoms with van der Waals surface area (Å²) in [5, 5.41) is 3.47. The Morgan fingerprint density at radius 3 is 2.94 bits per heavy atom. The Morgan fingerprint density at radius 2 is 2.28 bits per heavy atom. The topological polar surface area (TPSA) is 53.9 Å². The maximum absolute atomic E-state index is 11.8. The lowest BCUT2D eigenvalue weighted by atomic mass is 10.3. The molecule has 0 radical (unpaired) electrons. The first-order valence-electron chi connectivity index (χ1n) is 5.57. The molecule has 0 aliphatic carbocycles. The lowest BCUT2D eigenvalue weighted by Crippen LogP contribution is -2.20. The van der Waals surface area contributed by atoms with Gasteiger partial charge >= 0.3 is 6.03 Å². The Hall–Kier alpha value is -1.69.